The van der Waals surface area contributed by atoms with E-state index in [1.54, 1.807) is 17.0 Å². The van der Waals surface area contributed by atoms with Crippen molar-refractivity contribution in [1.82, 2.24) is 4.90 Å². The monoisotopic (exact) mass is 339 g/mol. The standard InChI is InChI=1S/C20H21NO4/c1-13-5-6-15-16(22)12-20(25-18(15)14(13)2)7-9-21(10-8-20)19(23)17-4-3-11-24-17/h3-6,11H,7-10,12H2,1-2H3. The predicted octanol–water partition coefficient (Wildman–Crippen LogP) is 3.54. The summed E-state index contributed by atoms with van der Waals surface area (Å²) in [6, 6.07) is 7.22. The first-order chi connectivity index (χ1) is 12.0. The van der Waals surface area contributed by atoms with Crippen LogP contribution < -0.4 is 4.74 Å². The lowest BCUT2D eigenvalue weighted by atomic mass is 9.81. The molecule has 2 aromatic rings. The average Bonchev–Trinajstić information content (AvgIpc) is 3.13. The van der Waals surface area contributed by atoms with Gasteiger partial charge in [0.1, 0.15) is 11.4 Å². The number of likely N-dealkylation sites (tertiary alicyclic amines) is 1. The van der Waals surface area contributed by atoms with E-state index < -0.39 is 5.60 Å². The molecular weight excluding hydrogens is 318 g/mol. The molecule has 1 saturated heterocycles. The van der Waals surface area contributed by atoms with Crippen LogP contribution in [0.5, 0.6) is 5.75 Å². The number of aryl methyl sites for hydroxylation is 1. The molecule has 0 radical (unpaired) electrons. The van der Waals surface area contributed by atoms with Crippen LogP contribution >= 0.6 is 0 Å². The van der Waals surface area contributed by atoms with Crippen molar-refractivity contribution in [3.05, 3.63) is 53.0 Å². The summed E-state index contributed by atoms with van der Waals surface area (Å²) in [5, 5.41) is 0. The fourth-order valence-corrected chi connectivity index (χ4v) is 3.73. The number of carbonyl (C=O) groups is 2. The van der Waals surface area contributed by atoms with Crippen LogP contribution in [0.3, 0.4) is 0 Å². The third-order valence-electron chi connectivity index (χ3n) is 5.47. The van der Waals surface area contributed by atoms with Crippen LogP contribution in [0.1, 0.15) is 51.3 Å². The Bertz CT molecular complexity index is 830. The second kappa shape index (κ2) is 5.76. The first-order valence-corrected chi connectivity index (χ1v) is 8.64. The second-order valence-corrected chi connectivity index (χ2v) is 7.04. The zero-order valence-corrected chi connectivity index (χ0v) is 14.5. The molecule has 2 aliphatic rings. The predicted molar refractivity (Wildman–Crippen MR) is 92.1 cm³/mol. The third kappa shape index (κ3) is 2.64. The molecule has 1 aromatic carbocycles. The smallest absolute Gasteiger partial charge is 0.289 e. The topological polar surface area (TPSA) is 59.8 Å². The van der Waals surface area contributed by atoms with Gasteiger partial charge in [-0.15, -0.1) is 0 Å². The van der Waals surface area contributed by atoms with Crippen molar-refractivity contribution in [3.8, 4) is 5.75 Å². The fourth-order valence-electron chi connectivity index (χ4n) is 3.73. The van der Waals surface area contributed by atoms with Crippen molar-refractivity contribution < 1.29 is 18.7 Å². The lowest BCUT2D eigenvalue weighted by molar-refractivity contribution is -0.00690. The molecule has 0 bridgehead atoms. The van der Waals surface area contributed by atoms with Crippen LogP contribution in [0.4, 0.5) is 0 Å². The van der Waals surface area contributed by atoms with Crippen LogP contribution in [0.2, 0.25) is 0 Å². The molecule has 25 heavy (non-hydrogen) atoms. The number of fused-ring (bicyclic) bond motifs is 1. The normalized spacial score (nSPS) is 18.8. The van der Waals surface area contributed by atoms with Crippen LogP contribution in [0, 0.1) is 13.8 Å². The summed E-state index contributed by atoms with van der Waals surface area (Å²) >= 11 is 0. The maximum absolute atomic E-state index is 12.6. The number of nitrogens with zero attached hydrogens (tertiary/aromatic N) is 1. The van der Waals surface area contributed by atoms with E-state index in [9.17, 15) is 9.59 Å². The molecule has 0 atom stereocenters. The Morgan fingerprint density at radius 1 is 1.16 bits per heavy atom. The number of hydrogen-bond donors (Lipinski definition) is 0. The van der Waals surface area contributed by atoms with E-state index in [2.05, 4.69) is 0 Å². The Morgan fingerprint density at radius 3 is 2.60 bits per heavy atom. The average molecular weight is 339 g/mol. The summed E-state index contributed by atoms with van der Waals surface area (Å²) in [7, 11) is 0. The molecule has 2 aliphatic heterocycles. The van der Waals surface area contributed by atoms with Gasteiger partial charge in [0.25, 0.3) is 5.91 Å². The number of benzene rings is 1. The highest BCUT2D eigenvalue weighted by Crippen LogP contribution is 2.41. The minimum Gasteiger partial charge on any atom is -0.486 e. The fraction of sp³-hybridized carbons (Fsp3) is 0.400. The summed E-state index contributed by atoms with van der Waals surface area (Å²) in [5.41, 5.74) is 2.33. The summed E-state index contributed by atoms with van der Waals surface area (Å²) < 4.78 is 11.6. The highest BCUT2D eigenvalue weighted by atomic mass is 16.5. The van der Waals surface area contributed by atoms with Crippen molar-refractivity contribution in [2.45, 2.75) is 38.7 Å². The van der Waals surface area contributed by atoms with E-state index in [1.165, 1.54) is 6.26 Å². The Balaban J connectivity index is 1.54. The number of ketones is 1. The molecule has 1 aromatic heterocycles. The summed E-state index contributed by atoms with van der Waals surface area (Å²) in [6.45, 7) is 5.14. The number of hydrogen-bond acceptors (Lipinski definition) is 4. The van der Waals surface area contributed by atoms with E-state index in [0.717, 1.165) is 16.9 Å². The number of rotatable bonds is 1. The molecule has 0 N–H and O–H groups in total. The summed E-state index contributed by atoms with van der Waals surface area (Å²) in [6.07, 6.45) is 3.19. The van der Waals surface area contributed by atoms with E-state index >= 15 is 0 Å². The third-order valence-corrected chi connectivity index (χ3v) is 5.47. The van der Waals surface area contributed by atoms with Crippen molar-refractivity contribution in [3.63, 3.8) is 0 Å². The molecule has 3 heterocycles. The number of carbonyl (C=O) groups excluding carboxylic acids is 2. The van der Waals surface area contributed by atoms with Gasteiger partial charge in [0.05, 0.1) is 18.2 Å². The highest BCUT2D eigenvalue weighted by Gasteiger charge is 2.44. The van der Waals surface area contributed by atoms with E-state index in [-0.39, 0.29) is 11.7 Å². The molecule has 4 rings (SSSR count). The van der Waals surface area contributed by atoms with Gasteiger partial charge in [-0.25, -0.2) is 0 Å². The largest absolute Gasteiger partial charge is 0.486 e. The number of furan rings is 1. The molecule has 0 saturated carbocycles. The van der Waals surface area contributed by atoms with Gasteiger partial charge in [-0.2, -0.15) is 0 Å². The van der Waals surface area contributed by atoms with Gasteiger partial charge < -0.3 is 14.1 Å². The zero-order chi connectivity index (χ0) is 17.6. The van der Waals surface area contributed by atoms with Gasteiger partial charge in [-0.1, -0.05) is 6.07 Å². The Labute approximate surface area is 146 Å². The van der Waals surface area contributed by atoms with Crippen LogP contribution in [0.15, 0.2) is 34.9 Å². The molecule has 0 aliphatic carbocycles. The van der Waals surface area contributed by atoms with Crippen molar-refractivity contribution in [2.24, 2.45) is 0 Å². The van der Waals surface area contributed by atoms with Gasteiger partial charge in [-0.3, -0.25) is 9.59 Å². The van der Waals surface area contributed by atoms with Gasteiger partial charge in [0, 0.05) is 25.9 Å². The van der Waals surface area contributed by atoms with Gasteiger partial charge in [0.2, 0.25) is 0 Å². The second-order valence-electron chi connectivity index (χ2n) is 7.04. The van der Waals surface area contributed by atoms with Crippen LogP contribution in [0.25, 0.3) is 0 Å². The number of Topliss-reactive ketones (excluding diaryl/α,β-unsaturated/α-hetero) is 1. The highest BCUT2D eigenvalue weighted by molar-refractivity contribution is 6.01. The van der Waals surface area contributed by atoms with E-state index in [4.69, 9.17) is 9.15 Å². The number of amides is 1. The quantitative estimate of drug-likeness (QED) is 0.797. The zero-order valence-electron chi connectivity index (χ0n) is 14.5. The Morgan fingerprint density at radius 2 is 1.92 bits per heavy atom. The van der Waals surface area contributed by atoms with E-state index in [0.29, 0.717) is 43.7 Å². The van der Waals surface area contributed by atoms with Gasteiger partial charge in [0.15, 0.2) is 11.5 Å². The molecule has 1 fully saturated rings. The van der Waals surface area contributed by atoms with E-state index in [1.807, 2.05) is 26.0 Å². The summed E-state index contributed by atoms with van der Waals surface area (Å²) in [5.74, 6) is 1.11. The number of ether oxygens (including phenoxy) is 1. The minimum absolute atomic E-state index is 0.102. The maximum Gasteiger partial charge on any atom is 0.289 e. The van der Waals surface area contributed by atoms with Crippen LogP contribution in [-0.4, -0.2) is 35.3 Å². The first kappa shape index (κ1) is 15.9. The lowest BCUT2D eigenvalue weighted by Crippen LogP contribution is -2.52. The molecule has 5 heteroatoms. The Kier molecular flexibility index (Phi) is 3.67. The molecular formula is C20H21NO4. The van der Waals surface area contributed by atoms with Gasteiger partial charge >= 0.3 is 0 Å². The van der Waals surface area contributed by atoms with Gasteiger partial charge in [-0.05, 0) is 43.2 Å². The van der Waals surface area contributed by atoms with Crippen molar-refractivity contribution >= 4 is 11.7 Å². The molecule has 1 spiro atoms. The van der Waals surface area contributed by atoms with Crippen molar-refractivity contribution in [2.75, 3.05) is 13.1 Å². The number of piperidine rings is 1. The molecule has 1 amide bonds. The van der Waals surface area contributed by atoms with Crippen LogP contribution in [-0.2, 0) is 0 Å². The SMILES string of the molecule is Cc1ccc2c(c1C)OC1(CCN(C(=O)c3ccco3)CC1)CC2=O. The lowest BCUT2D eigenvalue weighted by Gasteiger charge is -2.44. The first-order valence-electron chi connectivity index (χ1n) is 8.64. The summed E-state index contributed by atoms with van der Waals surface area (Å²) in [4.78, 5) is 26.8. The minimum atomic E-state index is -0.497. The van der Waals surface area contributed by atoms with Crippen molar-refractivity contribution in [1.29, 1.82) is 0 Å². The molecule has 0 unspecified atom stereocenters. The Hall–Kier alpha value is -2.56. The maximum atomic E-state index is 12.6. The molecule has 130 valence electrons. The molecule has 5 nitrogen and oxygen atoms in total.